The monoisotopic (exact) mass is 270 g/mol. The zero-order valence-electron chi connectivity index (χ0n) is 11.8. The average Bonchev–Trinajstić information content (AvgIpc) is 3.02. The van der Waals surface area contributed by atoms with Crippen molar-refractivity contribution < 1.29 is 0 Å². The highest BCUT2D eigenvalue weighted by molar-refractivity contribution is 5.21. The quantitative estimate of drug-likeness (QED) is 0.908. The van der Waals surface area contributed by atoms with Gasteiger partial charge in [0.2, 0.25) is 0 Å². The molecule has 3 rings (SSSR count). The maximum Gasteiger partial charge on any atom is 0.0692 e. The van der Waals surface area contributed by atoms with Crippen LogP contribution in [0.1, 0.15) is 37.2 Å². The number of rotatable bonds is 5. The van der Waals surface area contributed by atoms with Crippen molar-refractivity contribution in [1.82, 2.24) is 20.3 Å². The largest absolute Gasteiger partial charge is 0.312 e. The molecule has 2 atom stereocenters. The van der Waals surface area contributed by atoms with Crippen molar-refractivity contribution in [3.8, 4) is 0 Å². The molecule has 4 nitrogen and oxygen atoms in total. The summed E-state index contributed by atoms with van der Waals surface area (Å²) in [6.07, 6.45) is 8.90. The van der Waals surface area contributed by atoms with Crippen molar-refractivity contribution in [3.05, 3.63) is 48.3 Å². The molecule has 0 radical (unpaired) electrons. The van der Waals surface area contributed by atoms with Gasteiger partial charge in [-0.05, 0) is 24.3 Å². The van der Waals surface area contributed by atoms with Gasteiger partial charge in [0.25, 0.3) is 0 Å². The fraction of sp³-hybridized carbons (Fsp3) is 0.500. The Balaban J connectivity index is 1.58. The van der Waals surface area contributed by atoms with Crippen LogP contribution < -0.4 is 5.32 Å². The van der Waals surface area contributed by atoms with Crippen molar-refractivity contribution >= 4 is 0 Å². The third-order valence-corrected chi connectivity index (χ3v) is 4.21. The Morgan fingerprint density at radius 3 is 2.80 bits per heavy atom. The van der Waals surface area contributed by atoms with Gasteiger partial charge in [-0.15, -0.1) is 5.10 Å². The fourth-order valence-electron chi connectivity index (χ4n) is 3.19. The van der Waals surface area contributed by atoms with E-state index in [1.165, 1.54) is 31.2 Å². The summed E-state index contributed by atoms with van der Waals surface area (Å²) >= 11 is 0. The van der Waals surface area contributed by atoms with Gasteiger partial charge in [-0.3, -0.25) is 4.68 Å². The maximum absolute atomic E-state index is 4.00. The molecule has 0 saturated heterocycles. The lowest BCUT2D eigenvalue weighted by atomic mass is 9.80. The molecule has 1 heterocycles. The highest BCUT2D eigenvalue weighted by Gasteiger charge is 2.25. The molecule has 1 aromatic heterocycles. The summed E-state index contributed by atoms with van der Waals surface area (Å²) in [5.74, 6) is 0.653. The van der Waals surface area contributed by atoms with Gasteiger partial charge in [-0.25, -0.2) is 0 Å². The standard InChI is InChI=1S/C16H22N4/c1-2-6-14(7-3-1)15-8-4-5-9-16(15)17-10-12-20-13-11-18-19-20/h1-3,6-7,11,13,15-17H,4-5,8-10,12H2. The van der Waals surface area contributed by atoms with E-state index in [0.717, 1.165) is 13.1 Å². The molecule has 20 heavy (non-hydrogen) atoms. The Labute approximate surface area is 120 Å². The van der Waals surface area contributed by atoms with E-state index in [2.05, 4.69) is 46.0 Å². The third kappa shape index (κ3) is 3.25. The molecule has 4 heteroatoms. The zero-order chi connectivity index (χ0) is 13.6. The van der Waals surface area contributed by atoms with Crippen LogP contribution in [0, 0.1) is 0 Å². The van der Waals surface area contributed by atoms with Crippen molar-refractivity contribution in [2.45, 2.75) is 44.2 Å². The van der Waals surface area contributed by atoms with Crippen LogP contribution in [0.4, 0.5) is 0 Å². The highest BCUT2D eigenvalue weighted by atomic mass is 15.4. The van der Waals surface area contributed by atoms with Gasteiger partial charge in [-0.2, -0.15) is 0 Å². The Morgan fingerprint density at radius 1 is 1.15 bits per heavy atom. The molecule has 1 fully saturated rings. The molecule has 0 aliphatic heterocycles. The molecule has 0 amide bonds. The van der Waals surface area contributed by atoms with E-state index in [4.69, 9.17) is 0 Å². The predicted octanol–water partition coefficient (Wildman–Crippen LogP) is 2.59. The molecule has 1 aliphatic rings. The van der Waals surface area contributed by atoms with Gasteiger partial charge in [0.05, 0.1) is 12.7 Å². The van der Waals surface area contributed by atoms with Crippen LogP contribution in [0.2, 0.25) is 0 Å². The lowest BCUT2D eigenvalue weighted by Crippen LogP contribution is -2.38. The lowest BCUT2D eigenvalue weighted by molar-refractivity contribution is 0.321. The summed E-state index contributed by atoms with van der Waals surface area (Å²) in [6, 6.07) is 11.5. The Bertz CT molecular complexity index is 494. The van der Waals surface area contributed by atoms with Crippen LogP contribution in [-0.4, -0.2) is 27.6 Å². The Morgan fingerprint density at radius 2 is 2.00 bits per heavy atom. The molecule has 1 saturated carbocycles. The van der Waals surface area contributed by atoms with Crippen LogP contribution in [0.5, 0.6) is 0 Å². The molecular formula is C16H22N4. The predicted molar refractivity (Wildman–Crippen MR) is 79.5 cm³/mol. The van der Waals surface area contributed by atoms with E-state index in [-0.39, 0.29) is 0 Å². The Hall–Kier alpha value is -1.68. The van der Waals surface area contributed by atoms with Crippen LogP contribution >= 0.6 is 0 Å². The maximum atomic E-state index is 4.00. The molecule has 0 bridgehead atoms. The Kier molecular flexibility index (Phi) is 4.43. The van der Waals surface area contributed by atoms with Gasteiger partial charge in [0.1, 0.15) is 0 Å². The van der Waals surface area contributed by atoms with Gasteiger partial charge >= 0.3 is 0 Å². The van der Waals surface area contributed by atoms with Crippen LogP contribution in [0.15, 0.2) is 42.7 Å². The van der Waals surface area contributed by atoms with Crippen molar-refractivity contribution in [2.75, 3.05) is 6.54 Å². The summed E-state index contributed by atoms with van der Waals surface area (Å²) in [5, 5.41) is 11.6. The van der Waals surface area contributed by atoms with Gasteiger partial charge in [-0.1, -0.05) is 48.4 Å². The van der Waals surface area contributed by atoms with E-state index in [1.807, 2.05) is 10.9 Å². The molecule has 1 aromatic carbocycles. The van der Waals surface area contributed by atoms with Crippen LogP contribution in [0.3, 0.4) is 0 Å². The first-order valence-electron chi connectivity index (χ1n) is 7.56. The molecule has 106 valence electrons. The van der Waals surface area contributed by atoms with Crippen molar-refractivity contribution in [3.63, 3.8) is 0 Å². The molecule has 1 aliphatic carbocycles. The molecule has 2 unspecified atom stereocenters. The second-order valence-corrected chi connectivity index (χ2v) is 5.53. The van der Waals surface area contributed by atoms with Crippen LogP contribution in [0.25, 0.3) is 0 Å². The highest BCUT2D eigenvalue weighted by Crippen LogP contribution is 2.32. The second-order valence-electron chi connectivity index (χ2n) is 5.53. The summed E-state index contributed by atoms with van der Waals surface area (Å²) in [7, 11) is 0. The smallest absolute Gasteiger partial charge is 0.0692 e. The summed E-state index contributed by atoms with van der Waals surface area (Å²) in [4.78, 5) is 0. The van der Waals surface area contributed by atoms with Gasteiger partial charge in [0.15, 0.2) is 0 Å². The van der Waals surface area contributed by atoms with E-state index in [9.17, 15) is 0 Å². The third-order valence-electron chi connectivity index (χ3n) is 4.21. The molecule has 0 spiro atoms. The minimum atomic E-state index is 0.592. The molecule has 2 aromatic rings. The number of nitrogens with zero attached hydrogens (tertiary/aromatic N) is 3. The summed E-state index contributed by atoms with van der Waals surface area (Å²) in [6.45, 7) is 1.84. The number of nitrogens with one attached hydrogen (secondary N) is 1. The number of benzene rings is 1. The zero-order valence-corrected chi connectivity index (χ0v) is 11.8. The van der Waals surface area contributed by atoms with Gasteiger partial charge < -0.3 is 5.32 Å². The number of hydrogen-bond donors (Lipinski definition) is 1. The fourth-order valence-corrected chi connectivity index (χ4v) is 3.19. The molecule has 1 N–H and O–H groups in total. The SMILES string of the molecule is c1ccc(C2CCCCC2NCCn2ccnn2)cc1. The minimum Gasteiger partial charge on any atom is -0.312 e. The van der Waals surface area contributed by atoms with E-state index >= 15 is 0 Å². The van der Waals surface area contributed by atoms with E-state index in [1.54, 1.807) is 6.20 Å². The van der Waals surface area contributed by atoms with Crippen molar-refractivity contribution in [2.24, 2.45) is 0 Å². The number of aromatic nitrogens is 3. The van der Waals surface area contributed by atoms with Gasteiger partial charge in [0, 0.05) is 18.8 Å². The first-order valence-corrected chi connectivity index (χ1v) is 7.56. The van der Waals surface area contributed by atoms with Crippen LogP contribution in [-0.2, 0) is 6.54 Å². The normalized spacial score (nSPS) is 22.8. The van der Waals surface area contributed by atoms with Crippen molar-refractivity contribution in [1.29, 1.82) is 0 Å². The summed E-state index contributed by atoms with van der Waals surface area (Å²) in [5.41, 5.74) is 1.48. The number of hydrogen-bond acceptors (Lipinski definition) is 3. The average molecular weight is 270 g/mol. The first-order chi connectivity index (χ1) is 9.93. The first kappa shape index (κ1) is 13.3. The topological polar surface area (TPSA) is 42.7 Å². The lowest BCUT2D eigenvalue weighted by Gasteiger charge is -2.32. The van der Waals surface area contributed by atoms with E-state index in [0.29, 0.717) is 12.0 Å². The second kappa shape index (κ2) is 6.66. The summed E-state index contributed by atoms with van der Waals surface area (Å²) < 4.78 is 1.88. The molecular weight excluding hydrogens is 248 g/mol. The minimum absolute atomic E-state index is 0.592. The van der Waals surface area contributed by atoms with E-state index < -0.39 is 0 Å².